The molecule has 270 valence electrons. The first-order chi connectivity index (χ1) is 23.7. The summed E-state index contributed by atoms with van der Waals surface area (Å²) < 4.78 is 118. The Morgan fingerprint density at radius 1 is 0.558 bits per heavy atom. The van der Waals surface area contributed by atoms with E-state index in [0.29, 0.717) is 0 Å². The van der Waals surface area contributed by atoms with E-state index in [-0.39, 0.29) is 19.5 Å². The van der Waals surface area contributed by atoms with Crippen LogP contribution in [0.25, 0.3) is 22.8 Å². The van der Waals surface area contributed by atoms with Crippen LogP contribution < -0.4 is 0 Å². The van der Waals surface area contributed by atoms with Crippen molar-refractivity contribution in [1.82, 2.24) is 24.9 Å². The van der Waals surface area contributed by atoms with Crippen molar-refractivity contribution < 1.29 is 71.8 Å². The maximum atomic E-state index is 10.7. The summed E-state index contributed by atoms with van der Waals surface area (Å²) in [5, 5.41) is 7.32. The smallest absolute Gasteiger partial charge is 0.741 e. The second kappa shape index (κ2) is 19.2. The number of pyridine rings is 5. The molecule has 0 aliphatic rings. The Bertz CT molecular complexity index is 2000. The molecule has 0 bridgehead atoms. The van der Waals surface area contributed by atoms with Crippen LogP contribution in [0.2, 0.25) is 0 Å². The van der Waals surface area contributed by atoms with Gasteiger partial charge in [-0.2, -0.15) is 31.6 Å². The van der Waals surface area contributed by atoms with E-state index in [1.807, 2.05) is 91.0 Å². The summed E-state index contributed by atoms with van der Waals surface area (Å²) in [6.45, 7) is 3.55. The van der Waals surface area contributed by atoms with Gasteiger partial charge in [-0.25, -0.2) is 26.8 Å². The van der Waals surface area contributed by atoms with Crippen LogP contribution in [0.3, 0.4) is 0 Å². The Hall–Kier alpha value is -4.74. The molecule has 0 unspecified atom stereocenters. The summed E-state index contributed by atoms with van der Waals surface area (Å²) in [7, 11) is -12.2. The van der Waals surface area contributed by atoms with Crippen LogP contribution in [0.5, 0.6) is 0 Å². The van der Waals surface area contributed by atoms with E-state index in [4.69, 9.17) is 46.2 Å². The normalized spacial score (nSPS) is 11.4. The molecular weight excluding hydrogens is 796 g/mol. The van der Waals surface area contributed by atoms with Crippen molar-refractivity contribution >= 4 is 20.2 Å². The zero-order chi connectivity index (χ0) is 38.5. The van der Waals surface area contributed by atoms with Gasteiger partial charge in [0.1, 0.15) is 0 Å². The third-order valence-electron chi connectivity index (χ3n) is 6.12. The van der Waals surface area contributed by atoms with E-state index in [0.717, 1.165) is 39.9 Å². The van der Waals surface area contributed by atoms with Gasteiger partial charge in [-0.05, 0) is 67.6 Å². The van der Waals surface area contributed by atoms with E-state index < -0.39 is 36.7 Å². The number of hydrogen-bond acceptors (Lipinski definition) is 12. The summed E-state index contributed by atoms with van der Waals surface area (Å²) in [6.07, 6.45) is 5.36. The Kier molecular flexibility index (Phi) is 16.7. The minimum absolute atomic E-state index is 0. The third kappa shape index (κ3) is 12.8. The Balaban J connectivity index is 0.000000561. The van der Waals surface area contributed by atoms with Gasteiger partial charge in [0.05, 0.1) is 51.3 Å². The molecule has 0 aromatic carbocycles. The maximum absolute atomic E-state index is 10.7. The molecular formula is C31H24F6N6O6S2Zn. The minimum atomic E-state index is -6.09. The number of nitrogens with zero attached hydrogens (tertiary/aromatic N) is 6. The average Bonchev–Trinajstić information content (AvgIpc) is 3.08. The molecule has 0 aliphatic carbocycles. The largest absolute Gasteiger partial charge is 2.00 e. The van der Waals surface area contributed by atoms with Crippen molar-refractivity contribution in [3.05, 3.63) is 127 Å². The summed E-state index contributed by atoms with van der Waals surface area (Å²) in [5.41, 5.74) is -6.11. The Labute approximate surface area is 306 Å². The SMILES string of the molecule is CC#N.CC(c1ccccn1)(c1cccc(-c2ccccn2)n1)c1cccc(-c2ccccn2)n1.O=S(=O)([O-])C(F)(F)F.O=S(=O)([O-])C(F)(F)F.[Zn+2]. The topological polar surface area (TPSA) is 203 Å². The van der Waals surface area contributed by atoms with Crippen molar-refractivity contribution in [3.63, 3.8) is 0 Å². The number of rotatable bonds is 5. The monoisotopic (exact) mass is 818 g/mol. The van der Waals surface area contributed by atoms with Crippen molar-refractivity contribution in [2.75, 3.05) is 0 Å². The van der Waals surface area contributed by atoms with Crippen LogP contribution in [0.15, 0.2) is 110 Å². The summed E-state index contributed by atoms with van der Waals surface area (Å²) in [6, 6.07) is 31.4. The molecule has 0 saturated heterocycles. The zero-order valence-electron chi connectivity index (χ0n) is 26.8. The van der Waals surface area contributed by atoms with Crippen molar-refractivity contribution in [1.29, 1.82) is 5.26 Å². The van der Waals surface area contributed by atoms with E-state index in [9.17, 15) is 26.3 Å². The van der Waals surface area contributed by atoms with Crippen molar-refractivity contribution in [2.24, 2.45) is 0 Å². The van der Waals surface area contributed by atoms with Crippen LogP contribution in [-0.4, -0.2) is 61.9 Å². The van der Waals surface area contributed by atoms with Gasteiger partial charge in [0.2, 0.25) is 0 Å². The molecule has 5 aromatic heterocycles. The fraction of sp³-hybridized carbons (Fsp3) is 0.161. The van der Waals surface area contributed by atoms with E-state index >= 15 is 0 Å². The fourth-order valence-electron chi connectivity index (χ4n) is 3.79. The Morgan fingerprint density at radius 3 is 1.12 bits per heavy atom. The molecule has 5 heterocycles. The number of nitriles is 1. The summed E-state index contributed by atoms with van der Waals surface area (Å²) >= 11 is 0. The average molecular weight is 820 g/mol. The van der Waals surface area contributed by atoms with Crippen LogP contribution in [0.4, 0.5) is 26.3 Å². The Morgan fingerprint density at radius 2 is 0.846 bits per heavy atom. The first-order valence-corrected chi connectivity index (χ1v) is 16.5. The summed E-state index contributed by atoms with van der Waals surface area (Å²) in [5.74, 6) is 0. The van der Waals surface area contributed by atoms with Crippen LogP contribution >= 0.6 is 0 Å². The molecule has 0 atom stereocenters. The van der Waals surface area contributed by atoms with Gasteiger partial charge in [0.25, 0.3) is 0 Å². The second-order valence-corrected chi connectivity index (χ2v) is 12.4. The number of hydrogen-bond donors (Lipinski definition) is 0. The molecule has 5 rings (SSSR count). The van der Waals surface area contributed by atoms with E-state index in [2.05, 4.69) is 16.9 Å². The molecule has 0 aliphatic heterocycles. The predicted octanol–water partition coefficient (Wildman–Crippen LogP) is 5.98. The maximum Gasteiger partial charge on any atom is 2.00 e. The number of halogens is 6. The van der Waals surface area contributed by atoms with Gasteiger partial charge < -0.3 is 9.11 Å². The molecule has 0 saturated carbocycles. The molecule has 21 heteroatoms. The van der Waals surface area contributed by atoms with Crippen molar-refractivity contribution in [2.45, 2.75) is 30.3 Å². The first kappa shape index (κ1) is 45.3. The van der Waals surface area contributed by atoms with Gasteiger partial charge in [0, 0.05) is 25.5 Å². The molecule has 0 fully saturated rings. The minimum Gasteiger partial charge on any atom is -0.741 e. The summed E-state index contributed by atoms with van der Waals surface area (Å²) in [4.78, 5) is 23.7. The molecule has 0 N–H and O–H groups in total. The van der Waals surface area contributed by atoms with Gasteiger partial charge in [-0.3, -0.25) is 15.0 Å². The molecule has 5 aromatic rings. The molecule has 0 amide bonds. The first-order valence-electron chi connectivity index (χ1n) is 13.7. The fourth-order valence-corrected chi connectivity index (χ4v) is 3.79. The zero-order valence-corrected chi connectivity index (χ0v) is 31.4. The number of aromatic nitrogens is 5. The number of alkyl halides is 6. The molecule has 52 heavy (non-hydrogen) atoms. The van der Waals surface area contributed by atoms with Gasteiger partial charge in [0.15, 0.2) is 20.2 Å². The molecule has 12 nitrogen and oxygen atoms in total. The van der Waals surface area contributed by atoms with Gasteiger partial charge in [-0.15, -0.1) is 0 Å². The van der Waals surface area contributed by atoms with E-state index in [1.165, 1.54) is 6.92 Å². The quantitative estimate of drug-likeness (QED) is 0.0870. The molecule has 0 radical (unpaired) electrons. The van der Waals surface area contributed by atoms with Crippen LogP contribution in [0, 0.1) is 11.3 Å². The third-order valence-corrected chi connectivity index (χ3v) is 7.26. The predicted molar refractivity (Wildman–Crippen MR) is 168 cm³/mol. The van der Waals surface area contributed by atoms with Gasteiger partial charge >= 0.3 is 30.5 Å². The standard InChI is InChI=1S/C27H21N5.C2H3N.2CHF3O3S.Zn/c1-27(24-14-4-7-19-30-24,25-15-8-12-22(31-25)20-10-2-5-17-28-20)26-16-9-13-23(32-26)21-11-3-6-18-29-21;1-2-3;2*2-1(3,4)8(5,6)7;/h2-19H,1H3;1H3;2*(H,5,6,7);/q;;;;+2/p-2. The van der Waals surface area contributed by atoms with Gasteiger partial charge in [-0.1, -0.05) is 30.3 Å². The molecule has 0 spiro atoms. The van der Waals surface area contributed by atoms with E-state index in [1.54, 1.807) is 24.7 Å². The second-order valence-electron chi connectivity index (χ2n) is 9.61. The van der Waals surface area contributed by atoms with Crippen LogP contribution in [-0.2, 0) is 45.1 Å². The van der Waals surface area contributed by atoms with Crippen LogP contribution in [0.1, 0.15) is 30.9 Å². The van der Waals surface area contributed by atoms with Crippen molar-refractivity contribution in [3.8, 4) is 28.8 Å².